The second kappa shape index (κ2) is 9.09. The van der Waals surface area contributed by atoms with E-state index in [1.807, 2.05) is 0 Å². The number of benzene rings is 3. The molecule has 0 radical (unpaired) electrons. The van der Waals surface area contributed by atoms with Crippen LogP contribution in [0.25, 0.3) is 0 Å². The van der Waals surface area contributed by atoms with E-state index in [9.17, 15) is 4.79 Å². The van der Waals surface area contributed by atoms with Crippen molar-refractivity contribution in [2.75, 3.05) is 6.54 Å². The van der Waals surface area contributed by atoms with Crippen molar-refractivity contribution < 1.29 is 4.79 Å². The van der Waals surface area contributed by atoms with Gasteiger partial charge in [0.25, 0.3) is 0 Å². The summed E-state index contributed by atoms with van der Waals surface area (Å²) in [6, 6.07) is 32.2. The first-order valence-corrected chi connectivity index (χ1v) is 11.6. The summed E-state index contributed by atoms with van der Waals surface area (Å²) >= 11 is 0. The SMILES string of the molecule is CCCCNC(=O)C1(CC)CC(c2ccccc2)(c2ccccc2)[C@H]1c1ccccc1. The van der Waals surface area contributed by atoms with Gasteiger partial charge in [0.2, 0.25) is 5.91 Å². The van der Waals surface area contributed by atoms with Crippen molar-refractivity contribution in [3.8, 4) is 0 Å². The Balaban J connectivity index is 1.88. The molecule has 0 spiro atoms. The van der Waals surface area contributed by atoms with E-state index in [0.717, 1.165) is 32.2 Å². The molecule has 3 aromatic carbocycles. The van der Waals surface area contributed by atoms with Crippen LogP contribution in [0.5, 0.6) is 0 Å². The molecule has 0 heterocycles. The molecule has 0 aromatic heterocycles. The molecule has 1 aliphatic carbocycles. The molecular formula is C29H33NO. The van der Waals surface area contributed by atoms with Gasteiger partial charge in [0.05, 0.1) is 5.41 Å². The van der Waals surface area contributed by atoms with Crippen LogP contribution in [-0.2, 0) is 10.2 Å². The molecule has 3 aromatic rings. The van der Waals surface area contributed by atoms with Gasteiger partial charge in [0.15, 0.2) is 0 Å². The smallest absolute Gasteiger partial charge is 0.226 e. The van der Waals surface area contributed by atoms with E-state index >= 15 is 0 Å². The lowest BCUT2D eigenvalue weighted by atomic mass is 9.39. The minimum Gasteiger partial charge on any atom is -0.356 e. The van der Waals surface area contributed by atoms with Crippen LogP contribution in [0.1, 0.15) is 62.1 Å². The van der Waals surface area contributed by atoms with Gasteiger partial charge in [-0.15, -0.1) is 0 Å². The van der Waals surface area contributed by atoms with Crippen molar-refractivity contribution in [1.82, 2.24) is 5.32 Å². The van der Waals surface area contributed by atoms with Gasteiger partial charge in [-0.2, -0.15) is 0 Å². The summed E-state index contributed by atoms with van der Waals surface area (Å²) in [5.74, 6) is 0.289. The summed E-state index contributed by atoms with van der Waals surface area (Å²) in [7, 11) is 0. The number of carbonyl (C=O) groups excluding carboxylic acids is 1. The Morgan fingerprint density at radius 1 is 0.839 bits per heavy atom. The van der Waals surface area contributed by atoms with E-state index in [0.29, 0.717) is 0 Å². The molecule has 2 atom stereocenters. The molecule has 31 heavy (non-hydrogen) atoms. The first-order valence-electron chi connectivity index (χ1n) is 11.6. The highest BCUT2D eigenvalue weighted by Gasteiger charge is 2.67. The Morgan fingerprint density at radius 2 is 1.35 bits per heavy atom. The summed E-state index contributed by atoms with van der Waals surface area (Å²) in [6.07, 6.45) is 3.75. The average molecular weight is 412 g/mol. The molecule has 1 amide bonds. The van der Waals surface area contributed by atoms with Crippen LogP contribution in [0.2, 0.25) is 0 Å². The van der Waals surface area contributed by atoms with E-state index in [-0.39, 0.29) is 17.2 Å². The minimum absolute atomic E-state index is 0.0811. The van der Waals surface area contributed by atoms with Gasteiger partial charge in [-0.1, -0.05) is 111 Å². The van der Waals surface area contributed by atoms with E-state index in [2.05, 4.69) is 110 Å². The monoisotopic (exact) mass is 411 g/mol. The number of nitrogens with one attached hydrogen (secondary N) is 1. The molecule has 4 rings (SSSR count). The highest BCUT2D eigenvalue weighted by atomic mass is 16.2. The Bertz CT molecular complexity index is 944. The maximum absolute atomic E-state index is 13.7. The van der Waals surface area contributed by atoms with Crippen LogP contribution in [-0.4, -0.2) is 12.5 Å². The quantitative estimate of drug-likeness (QED) is 0.423. The lowest BCUT2D eigenvalue weighted by Crippen LogP contribution is -2.63. The van der Waals surface area contributed by atoms with Gasteiger partial charge in [0.1, 0.15) is 0 Å². The second-order valence-corrected chi connectivity index (χ2v) is 8.84. The highest BCUT2D eigenvalue weighted by molar-refractivity contribution is 5.87. The van der Waals surface area contributed by atoms with E-state index in [1.165, 1.54) is 16.7 Å². The van der Waals surface area contributed by atoms with Crippen molar-refractivity contribution in [1.29, 1.82) is 0 Å². The first kappa shape index (κ1) is 21.4. The number of amides is 1. The van der Waals surface area contributed by atoms with Crippen LogP contribution < -0.4 is 5.32 Å². The second-order valence-electron chi connectivity index (χ2n) is 8.84. The van der Waals surface area contributed by atoms with Gasteiger partial charge in [-0.05, 0) is 36.0 Å². The fourth-order valence-corrected chi connectivity index (χ4v) is 5.72. The maximum Gasteiger partial charge on any atom is 0.226 e. The van der Waals surface area contributed by atoms with Crippen molar-refractivity contribution in [3.63, 3.8) is 0 Å². The average Bonchev–Trinajstić information content (AvgIpc) is 2.81. The third-order valence-electron chi connectivity index (χ3n) is 7.25. The molecule has 1 aliphatic rings. The molecule has 1 saturated carbocycles. The lowest BCUT2D eigenvalue weighted by Gasteiger charge is -2.63. The summed E-state index contributed by atoms with van der Waals surface area (Å²) in [4.78, 5) is 13.7. The predicted octanol–water partition coefficient (Wildman–Crippen LogP) is 6.47. The zero-order valence-electron chi connectivity index (χ0n) is 18.7. The molecule has 0 bridgehead atoms. The largest absolute Gasteiger partial charge is 0.356 e. The van der Waals surface area contributed by atoms with Crippen molar-refractivity contribution in [2.24, 2.45) is 5.41 Å². The highest BCUT2D eigenvalue weighted by Crippen LogP contribution is 2.69. The lowest BCUT2D eigenvalue weighted by molar-refractivity contribution is -0.144. The van der Waals surface area contributed by atoms with Crippen LogP contribution in [0, 0.1) is 5.41 Å². The standard InChI is InChI=1S/C29H33NO/c1-3-5-21-30-27(31)28(4-2)22-29(24-17-11-7-12-18-24,25-19-13-8-14-20-25)26(28)23-15-9-6-10-16-23/h6-20,26H,3-5,21-22H2,1-2H3,(H,30,31)/t26-,28?/m0/s1. The summed E-state index contributed by atoms with van der Waals surface area (Å²) in [5.41, 5.74) is 3.19. The third kappa shape index (κ3) is 3.59. The molecule has 1 unspecified atom stereocenters. The number of rotatable bonds is 8. The number of hydrogen-bond donors (Lipinski definition) is 1. The Hall–Kier alpha value is -2.87. The normalized spacial score (nSPS) is 21.8. The zero-order chi connectivity index (χ0) is 21.7. The minimum atomic E-state index is -0.416. The third-order valence-corrected chi connectivity index (χ3v) is 7.25. The van der Waals surface area contributed by atoms with Gasteiger partial charge in [0, 0.05) is 17.9 Å². The van der Waals surface area contributed by atoms with E-state index in [1.54, 1.807) is 0 Å². The molecule has 0 aliphatic heterocycles. The molecule has 2 heteroatoms. The molecular weight excluding hydrogens is 378 g/mol. The van der Waals surface area contributed by atoms with Gasteiger partial charge in [-0.3, -0.25) is 4.79 Å². The van der Waals surface area contributed by atoms with Crippen molar-refractivity contribution in [3.05, 3.63) is 108 Å². The number of hydrogen-bond acceptors (Lipinski definition) is 1. The van der Waals surface area contributed by atoms with E-state index in [4.69, 9.17) is 0 Å². The summed E-state index contributed by atoms with van der Waals surface area (Å²) in [6.45, 7) is 5.09. The van der Waals surface area contributed by atoms with E-state index < -0.39 is 5.41 Å². The topological polar surface area (TPSA) is 29.1 Å². The van der Waals surface area contributed by atoms with Crippen LogP contribution >= 0.6 is 0 Å². The summed E-state index contributed by atoms with van der Waals surface area (Å²) in [5, 5.41) is 3.28. The van der Waals surface area contributed by atoms with Crippen molar-refractivity contribution in [2.45, 2.75) is 50.9 Å². The van der Waals surface area contributed by atoms with Crippen LogP contribution in [0.3, 0.4) is 0 Å². The predicted molar refractivity (Wildman–Crippen MR) is 128 cm³/mol. The fourth-order valence-electron chi connectivity index (χ4n) is 5.72. The molecule has 2 nitrogen and oxygen atoms in total. The van der Waals surface area contributed by atoms with Gasteiger partial charge < -0.3 is 5.32 Å². The molecule has 1 N–H and O–H groups in total. The Kier molecular flexibility index (Phi) is 6.27. The zero-order valence-corrected chi connectivity index (χ0v) is 18.7. The van der Waals surface area contributed by atoms with Gasteiger partial charge in [-0.25, -0.2) is 0 Å². The Morgan fingerprint density at radius 3 is 1.84 bits per heavy atom. The fraction of sp³-hybridized carbons (Fsp3) is 0.345. The number of carbonyl (C=O) groups is 1. The molecule has 160 valence electrons. The Labute approximate surface area is 186 Å². The maximum atomic E-state index is 13.7. The first-order chi connectivity index (χ1) is 15.2. The van der Waals surface area contributed by atoms with Crippen LogP contribution in [0.4, 0.5) is 0 Å². The molecule has 0 saturated heterocycles. The number of unbranched alkanes of at least 4 members (excludes halogenated alkanes) is 1. The van der Waals surface area contributed by atoms with Crippen molar-refractivity contribution >= 4 is 5.91 Å². The van der Waals surface area contributed by atoms with Crippen LogP contribution in [0.15, 0.2) is 91.0 Å². The molecule has 1 fully saturated rings. The van der Waals surface area contributed by atoms with Gasteiger partial charge >= 0.3 is 0 Å². The summed E-state index contributed by atoms with van der Waals surface area (Å²) < 4.78 is 0.